The Hall–Kier alpha value is -2.66. The molecule has 198 valence electrons. The van der Waals surface area contributed by atoms with E-state index >= 15 is 0 Å². The highest BCUT2D eigenvalue weighted by molar-refractivity contribution is 7.91. The van der Waals surface area contributed by atoms with Crippen LogP contribution in [0.5, 0.6) is 11.5 Å². The SMILES string of the molecule is CC[C@](Cc1ccccc1)(NC[C@@](C)(O)CS(=O)(=O)c1ccc2c(c1)OCO2)NC(=O)[C@@H](N)C(C)C. The summed E-state index contributed by atoms with van der Waals surface area (Å²) in [6.45, 7) is 7.05. The Morgan fingerprint density at radius 3 is 2.44 bits per heavy atom. The normalized spacial score (nSPS) is 17.3. The summed E-state index contributed by atoms with van der Waals surface area (Å²) >= 11 is 0. The summed E-state index contributed by atoms with van der Waals surface area (Å²) < 4.78 is 36.7. The van der Waals surface area contributed by atoms with Crippen LogP contribution in [-0.2, 0) is 21.1 Å². The fourth-order valence-corrected chi connectivity index (χ4v) is 5.68. The van der Waals surface area contributed by atoms with Crippen LogP contribution in [0.1, 0.15) is 39.7 Å². The van der Waals surface area contributed by atoms with Gasteiger partial charge in [-0.2, -0.15) is 0 Å². The van der Waals surface area contributed by atoms with E-state index in [9.17, 15) is 18.3 Å². The molecule has 2 aromatic rings. The lowest BCUT2D eigenvalue weighted by Crippen LogP contribution is -2.65. The second kappa shape index (κ2) is 11.2. The van der Waals surface area contributed by atoms with E-state index in [0.717, 1.165) is 5.56 Å². The highest BCUT2D eigenvalue weighted by atomic mass is 32.2. The molecule has 0 aromatic heterocycles. The van der Waals surface area contributed by atoms with Gasteiger partial charge in [0.1, 0.15) is 0 Å². The first-order valence-electron chi connectivity index (χ1n) is 12.1. The standard InChI is InChI=1S/C26H37N3O6S/c1-5-26(14-19-9-7-6-8-10-19,29-24(30)23(27)18(2)3)28-15-25(4,31)16-36(32,33)20-11-12-21-22(13-20)35-17-34-21/h6-13,18,23,28,31H,5,14-17,27H2,1-4H3,(H,29,30)/t23-,25+,26-/m0/s1. The summed E-state index contributed by atoms with van der Waals surface area (Å²) in [5.74, 6) is -0.0801. The second-order valence-electron chi connectivity index (χ2n) is 9.98. The first-order valence-corrected chi connectivity index (χ1v) is 13.7. The van der Waals surface area contributed by atoms with Crippen LogP contribution in [0.25, 0.3) is 0 Å². The van der Waals surface area contributed by atoms with Crippen molar-refractivity contribution in [3.05, 3.63) is 54.1 Å². The number of nitrogens with one attached hydrogen (secondary N) is 2. The van der Waals surface area contributed by atoms with Crippen LogP contribution < -0.4 is 25.8 Å². The van der Waals surface area contributed by atoms with Crippen molar-refractivity contribution in [2.45, 2.75) is 62.7 Å². The van der Waals surface area contributed by atoms with Gasteiger partial charge in [0.15, 0.2) is 21.3 Å². The molecule has 3 rings (SSSR count). The van der Waals surface area contributed by atoms with Crippen LogP contribution in [0, 0.1) is 5.92 Å². The summed E-state index contributed by atoms with van der Waals surface area (Å²) in [4.78, 5) is 13.0. The highest BCUT2D eigenvalue weighted by Gasteiger charge is 2.37. The van der Waals surface area contributed by atoms with E-state index in [1.165, 1.54) is 25.1 Å². The Kier molecular flexibility index (Phi) is 8.66. The predicted molar refractivity (Wildman–Crippen MR) is 137 cm³/mol. The van der Waals surface area contributed by atoms with Gasteiger partial charge in [0.25, 0.3) is 0 Å². The van der Waals surface area contributed by atoms with Crippen molar-refractivity contribution in [2.24, 2.45) is 11.7 Å². The molecule has 0 saturated carbocycles. The van der Waals surface area contributed by atoms with Gasteiger partial charge in [-0.05, 0) is 37.0 Å². The lowest BCUT2D eigenvalue weighted by molar-refractivity contribution is -0.126. The first-order chi connectivity index (χ1) is 16.9. The van der Waals surface area contributed by atoms with Crippen LogP contribution in [0.2, 0.25) is 0 Å². The van der Waals surface area contributed by atoms with Crippen LogP contribution >= 0.6 is 0 Å². The third-order valence-electron chi connectivity index (χ3n) is 6.35. The minimum absolute atomic E-state index is 0.0349. The topological polar surface area (TPSA) is 140 Å². The van der Waals surface area contributed by atoms with Gasteiger partial charge in [0.05, 0.1) is 28.0 Å². The zero-order chi connectivity index (χ0) is 26.6. The van der Waals surface area contributed by atoms with Gasteiger partial charge >= 0.3 is 0 Å². The molecule has 36 heavy (non-hydrogen) atoms. The molecule has 3 atom stereocenters. The summed E-state index contributed by atoms with van der Waals surface area (Å²) in [6.07, 6.45) is 0.898. The third-order valence-corrected chi connectivity index (χ3v) is 8.32. The van der Waals surface area contributed by atoms with Crippen molar-refractivity contribution in [3.8, 4) is 11.5 Å². The van der Waals surface area contributed by atoms with E-state index in [0.29, 0.717) is 24.3 Å². The maximum absolute atomic E-state index is 13.1. The van der Waals surface area contributed by atoms with Crippen molar-refractivity contribution >= 4 is 15.7 Å². The molecule has 0 unspecified atom stereocenters. The average molecular weight is 520 g/mol. The maximum atomic E-state index is 13.1. The molecule has 1 aliphatic heterocycles. The largest absolute Gasteiger partial charge is 0.454 e. The summed E-state index contributed by atoms with van der Waals surface area (Å²) in [6, 6.07) is 13.3. The number of sulfone groups is 1. The average Bonchev–Trinajstić information content (AvgIpc) is 3.30. The van der Waals surface area contributed by atoms with Gasteiger partial charge in [-0.1, -0.05) is 51.1 Å². The van der Waals surface area contributed by atoms with E-state index in [1.807, 2.05) is 51.1 Å². The molecule has 0 spiro atoms. The number of amides is 1. The van der Waals surface area contributed by atoms with Gasteiger partial charge in [0.2, 0.25) is 12.7 Å². The van der Waals surface area contributed by atoms with Gasteiger partial charge in [-0.3, -0.25) is 10.1 Å². The minimum Gasteiger partial charge on any atom is -0.454 e. The van der Waals surface area contributed by atoms with Crippen LogP contribution in [0.3, 0.4) is 0 Å². The number of carbonyl (C=O) groups is 1. The fourth-order valence-electron chi connectivity index (χ4n) is 4.03. The van der Waals surface area contributed by atoms with E-state index in [1.54, 1.807) is 0 Å². The Balaban J connectivity index is 1.79. The second-order valence-corrected chi connectivity index (χ2v) is 12.0. The van der Waals surface area contributed by atoms with E-state index in [4.69, 9.17) is 15.2 Å². The molecule has 9 nitrogen and oxygen atoms in total. The Morgan fingerprint density at radius 2 is 1.81 bits per heavy atom. The number of benzene rings is 2. The molecule has 5 N–H and O–H groups in total. The molecule has 1 heterocycles. The van der Waals surface area contributed by atoms with Gasteiger partial charge in [0, 0.05) is 19.0 Å². The highest BCUT2D eigenvalue weighted by Crippen LogP contribution is 2.34. The van der Waals surface area contributed by atoms with Gasteiger partial charge in [-0.15, -0.1) is 0 Å². The number of ether oxygens (including phenoxy) is 2. The Morgan fingerprint density at radius 1 is 1.14 bits per heavy atom. The minimum atomic E-state index is -3.85. The molecule has 2 aromatic carbocycles. The summed E-state index contributed by atoms with van der Waals surface area (Å²) in [7, 11) is -3.85. The zero-order valence-electron chi connectivity index (χ0n) is 21.3. The number of hydrogen-bond donors (Lipinski definition) is 4. The Labute approximate surface area is 213 Å². The van der Waals surface area contributed by atoms with Crippen molar-refractivity contribution < 1.29 is 27.8 Å². The molecule has 0 aliphatic carbocycles. The van der Waals surface area contributed by atoms with Crippen LogP contribution in [-0.4, -0.2) is 55.8 Å². The van der Waals surface area contributed by atoms with Crippen molar-refractivity contribution in [1.29, 1.82) is 0 Å². The van der Waals surface area contributed by atoms with E-state index in [2.05, 4.69) is 10.6 Å². The Bertz CT molecular complexity index is 1150. The third kappa shape index (κ3) is 6.97. The predicted octanol–water partition coefficient (Wildman–Crippen LogP) is 1.98. The van der Waals surface area contributed by atoms with Gasteiger partial charge in [-0.25, -0.2) is 8.42 Å². The number of rotatable bonds is 12. The molecular formula is C26H37N3O6S. The maximum Gasteiger partial charge on any atom is 0.238 e. The number of fused-ring (bicyclic) bond motifs is 1. The molecule has 0 saturated heterocycles. The van der Waals surface area contributed by atoms with Crippen molar-refractivity contribution in [2.75, 3.05) is 19.1 Å². The lowest BCUT2D eigenvalue weighted by Gasteiger charge is -2.39. The summed E-state index contributed by atoms with van der Waals surface area (Å²) in [5.41, 5.74) is 4.48. The lowest BCUT2D eigenvalue weighted by atomic mass is 9.94. The quantitative estimate of drug-likeness (QED) is 0.312. The molecular weight excluding hydrogens is 482 g/mol. The fraction of sp³-hybridized carbons (Fsp3) is 0.500. The zero-order valence-corrected chi connectivity index (χ0v) is 22.1. The molecule has 0 radical (unpaired) electrons. The molecule has 0 bridgehead atoms. The monoisotopic (exact) mass is 519 g/mol. The molecule has 10 heteroatoms. The van der Waals surface area contributed by atoms with Gasteiger partial charge < -0.3 is 25.6 Å². The molecule has 0 fully saturated rings. The number of nitrogens with two attached hydrogens (primary N) is 1. The molecule has 1 aliphatic rings. The van der Waals surface area contributed by atoms with Crippen LogP contribution in [0.4, 0.5) is 0 Å². The molecule has 1 amide bonds. The van der Waals surface area contributed by atoms with E-state index < -0.39 is 32.9 Å². The van der Waals surface area contributed by atoms with E-state index in [-0.39, 0.29) is 30.1 Å². The number of aliphatic hydroxyl groups is 1. The van der Waals surface area contributed by atoms with Crippen molar-refractivity contribution in [1.82, 2.24) is 10.6 Å². The first kappa shape index (κ1) is 27.9. The van der Waals surface area contributed by atoms with Crippen molar-refractivity contribution in [3.63, 3.8) is 0 Å². The summed E-state index contributed by atoms with van der Waals surface area (Å²) in [5, 5.41) is 17.4. The number of carbonyl (C=O) groups excluding carboxylic acids is 1. The smallest absolute Gasteiger partial charge is 0.238 e. The van der Waals surface area contributed by atoms with Crippen LogP contribution in [0.15, 0.2) is 53.4 Å². The number of hydrogen-bond acceptors (Lipinski definition) is 8.